The number of ether oxygens (including phenoxy) is 5. The second-order valence-corrected chi connectivity index (χ2v) is 19.2. The maximum Gasteiger partial charge on any atom is 0.303 e. The Hall–Kier alpha value is -1.38. The molecule has 0 aromatic rings. The number of carbonyl (C=O) groups is 2. The van der Waals surface area contributed by atoms with Crippen LogP contribution in [-0.4, -0.2) is 111 Å². The Bertz CT molecular complexity index is 1400. The van der Waals surface area contributed by atoms with Crippen molar-refractivity contribution in [3.05, 3.63) is 0 Å². The molecule has 0 radical (unpaired) electrons. The molecule has 0 unspecified atom stereocenters. The van der Waals surface area contributed by atoms with E-state index in [-0.39, 0.29) is 41.5 Å². The van der Waals surface area contributed by atoms with Gasteiger partial charge in [-0.1, -0.05) is 20.8 Å². The highest BCUT2D eigenvalue weighted by Gasteiger charge is 2.87. The summed E-state index contributed by atoms with van der Waals surface area (Å²) in [6.45, 7) is 14.6. The van der Waals surface area contributed by atoms with Crippen molar-refractivity contribution in [1.29, 1.82) is 0 Å². The second kappa shape index (κ2) is 12.1. The average Bonchev–Trinajstić information content (AvgIpc) is 3.43. The summed E-state index contributed by atoms with van der Waals surface area (Å²) >= 11 is 0. The Morgan fingerprint density at radius 1 is 0.843 bits per heavy atom. The fourth-order valence-electron chi connectivity index (χ4n) is 14.0. The molecule has 5 N–H and O–H groups in total. The minimum Gasteiger partial charge on any atom is -0.458 e. The molecule has 0 aromatic heterocycles. The molecule has 2 heterocycles. The Kier molecular flexibility index (Phi) is 8.97. The van der Waals surface area contributed by atoms with E-state index in [2.05, 4.69) is 20.8 Å². The third-order valence-electron chi connectivity index (χ3n) is 16.2. The highest BCUT2D eigenvalue weighted by molar-refractivity contribution is 5.68. The first kappa shape index (κ1) is 37.9. The van der Waals surface area contributed by atoms with E-state index in [4.69, 9.17) is 23.7 Å². The van der Waals surface area contributed by atoms with E-state index < -0.39 is 82.8 Å². The number of hydrogen-bond acceptors (Lipinski definition) is 12. The van der Waals surface area contributed by atoms with E-state index in [9.17, 15) is 35.1 Å². The van der Waals surface area contributed by atoms with E-state index in [1.165, 1.54) is 13.8 Å². The lowest BCUT2D eigenvalue weighted by atomic mass is 9.41. The minimum atomic E-state index is -1.35. The molecule has 5 saturated carbocycles. The average molecular weight is 723 g/mol. The van der Waals surface area contributed by atoms with Gasteiger partial charge in [0.05, 0.1) is 30.0 Å². The van der Waals surface area contributed by atoms with Gasteiger partial charge in [-0.2, -0.15) is 0 Å². The molecule has 0 amide bonds. The lowest BCUT2D eigenvalue weighted by Crippen LogP contribution is -2.63. The van der Waals surface area contributed by atoms with Gasteiger partial charge in [0.2, 0.25) is 0 Å². The fourth-order valence-corrected chi connectivity index (χ4v) is 14.0. The summed E-state index contributed by atoms with van der Waals surface area (Å²) in [4.78, 5) is 25.9. The van der Waals surface area contributed by atoms with Crippen LogP contribution in [-0.2, 0) is 33.3 Å². The third kappa shape index (κ3) is 5.12. The van der Waals surface area contributed by atoms with Crippen LogP contribution in [0.25, 0.3) is 0 Å². The maximum atomic E-state index is 13.0. The van der Waals surface area contributed by atoms with Gasteiger partial charge in [0.1, 0.15) is 30.5 Å². The van der Waals surface area contributed by atoms with Crippen molar-refractivity contribution >= 4 is 11.9 Å². The summed E-state index contributed by atoms with van der Waals surface area (Å²) in [6, 6.07) is 0. The van der Waals surface area contributed by atoms with Crippen LogP contribution in [0.1, 0.15) is 113 Å². The number of aliphatic hydroxyl groups is 5. The van der Waals surface area contributed by atoms with Crippen molar-refractivity contribution < 1.29 is 58.8 Å². The Labute approximate surface area is 301 Å². The highest BCUT2D eigenvalue weighted by Crippen LogP contribution is 2.89. The SMILES string of the molecule is CC(=O)O[C@H]1[C@@H](OC(C)=O)[C@@]2(C)[C@@H]3CC[C@H]4C(C)(C)[C@@H](O[C@@H]5OC[C@@H](O)[C@H](O)[C@H]5O)CC[C@@]45C[C@@]35CC[C@]2(CO)[C@H]1[C@]1(C)CC[C@H](C(C)(C)O)O1. The topological polar surface area (TPSA) is 181 Å². The van der Waals surface area contributed by atoms with Gasteiger partial charge in [0.15, 0.2) is 6.29 Å². The summed E-state index contributed by atoms with van der Waals surface area (Å²) < 4.78 is 31.5. The molecule has 12 heteroatoms. The quantitative estimate of drug-likeness (QED) is 0.192. The number of esters is 2. The van der Waals surface area contributed by atoms with E-state index in [1.807, 2.05) is 6.92 Å². The van der Waals surface area contributed by atoms with E-state index in [1.54, 1.807) is 13.8 Å². The fraction of sp³-hybridized carbons (Fsp3) is 0.949. The van der Waals surface area contributed by atoms with Crippen LogP contribution in [0.3, 0.4) is 0 Å². The number of rotatable bonds is 7. The minimum absolute atomic E-state index is 0.00120. The molecule has 16 atom stereocenters. The first-order valence-corrected chi connectivity index (χ1v) is 19.3. The standard InChI is InChI=1S/C39H62O12/c1-20(41)48-29-30(35(7)13-11-26(51-35)34(5,6)46)39(19-40)16-15-38-18-37(38)14-12-25(50-32-28(45)27(44)22(43)17-47-32)33(3,4)23(37)9-10-24(38)36(39,8)31(29)49-21(2)42/h22-32,40,43-46H,9-19H2,1-8H3/t22-,23+,24+,25+,26-,27+,28-,29-,30-,31-,32+,35+,36-,37-,38+,39+/m1/s1. The molecule has 2 spiro atoms. The normalized spacial score (nSPS) is 52.9. The van der Waals surface area contributed by atoms with Crippen LogP contribution in [0.15, 0.2) is 0 Å². The lowest BCUT2D eigenvalue weighted by Gasteiger charge is -2.64. The molecular formula is C39H62O12. The molecule has 7 rings (SSSR count). The van der Waals surface area contributed by atoms with Crippen molar-refractivity contribution in [3.63, 3.8) is 0 Å². The smallest absolute Gasteiger partial charge is 0.303 e. The van der Waals surface area contributed by atoms with Gasteiger partial charge < -0.3 is 49.2 Å². The first-order chi connectivity index (χ1) is 23.6. The van der Waals surface area contributed by atoms with Gasteiger partial charge in [-0.25, -0.2) is 0 Å². The molecule has 12 nitrogen and oxygen atoms in total. The van der Waals surface area contributed by atoms with Gasteiger partial charge in [-0.05, 0) is 107 Å². The maximum absolute atomic E-state index is 13.0. The molecule has 7 fully saturated rings. The van der Waals surface area contributed by atoms with Crippen molar-refractivity contribution in [2.45, 2.75) is 173 Å². The zero-order valence-corrected chi connectivity index (χ0v) is 31.7. The molecule has 5 aliphatic carbocycles. The summed E-state index contributed by atoms with van der Waals surface area (Å²) in [5.41, 5.74) is -3.87. The number of hydrogen-bond donors (Lipinski definition) is 5. The Morgan fingerprint density at radius 3 is 2.10 bits per heavy atom. The Balaban J connectivity index is 1.25. The zero-order valence-electron chi connectivity index (χ0n) is 31.7. The van der Waals surface area contributed by atoms with Gasteiger partial charge in [-0.15, -0.1) is 0 Å². The van der Waals surface area contributed by atoms with Crippen LogP contribution in [0.4, 0.5) is 0 Å². The molecule has 290 valence electrons. The van der Waals surface area contributed by atoms with Crippen LogP contribution in [0.5, 0.6) is 0 Å². The summed E-state index contributed by atoms with van der Waals surface area (Å²) in [5, 5.41) is 53.8. The van der Waals surface area contributed by atoms with E-state index in [0.717, 1.165) is 38.5 Å². The second-order valence-electron chi connectivity index (χ2n) is 19.2. The summed E-state index contributed by atoms with van der Waals surface area (Å²) in [6.07, 6.45) is -0.0954. The number of fused-ring (bicyclic) bond motifs is 2. The molecule has 7 aliphatic rings. The van der Waals surface area contributed by atoms with Crippen LogP contribution in [0.2, 0.25) is 0 Å². The van der Waals surface area contributed by atoms with Crippen LogP contribution in [0, 0.1) is 44.8 Å². The summed E-state index contributed by atoms with van der Waals surface area (Å²) in [7, 11) is 0. The highest BCUT2D eigenvalue weighted by atomic mass is 16.7. The molecular weight excluding hydrogens is 660 g/mol. The van der Waals surface area contributed by atoms with Crippen LogP contribution < -0.4 is 0 Å². The van der Waals surface area contributed by atoms with Crippen molar-refractivity contribution in [2.24, 2.45) is 44.8 Å². The van der Waals surface area contributed by atoms with Crippen molar-refractivity contribution in [2.75, 3.05) is 13.2 Å². The molecule has 2 saturated heterocycles. The summed E-state index contributed by atoms with van der Waals surface area (Å²) in [5.74, 6) is -1.06. The van der Waals surface area contributed by atoms with Gasteiger partial charge >= 0.3 is 11.9 Å². The zero-order chi connectivity index (χ0) is 37.3. The van der Waals surface area contributed by atoms with Crippen molar-refractivity contribution in [1.82, 2.24) is 0 Å². The number of carbonyl (C=O) groups excluding carboxylic acids is 2. The number of aliphatic hydroxyl groups excluding tert-OH is 4. The van der Waals surface area contributed by atoms with Gasteiger partial charge in [-0.3, -0.25) is 9.59 Å². The third-order valence-corrected chi connectivity index (χ3v) is 16.2. The predicted molar refractivity (Wildman–Crippen MR) is 182 cm³/mol. The lowest BCUT2D eigenvalue weighted by molar-refractivity contribution is -0.303. The monoisotopic (exact) mass is 722 g/mol. The van der Waals surface area contributed by atoms with Gasteiger partial charge in [0.25, 0.3) is 0 Å². The van der Waals surface area contributed by atoms with E-state index >= 15 is 0 Å². The molecule has 0 bridgehead atoms. The van der Waals surface area contributed by atoms with Crippen molar-refractivity contribution in [3.8, 4) is 0 Å². The largest absolute Gasteiger partial charge is 0.458 e. The predicted octanol–water partition coefficient (Wildman–Crippen LogP) is 3.01. The first-order valence-electron chi connectivity index (χ1n) is 19.3. The Morgan fingerprint density at radius 2 is 1.49 bits per heavy atom. The molecule has 2 aliphatic heterocycles. The van der Waals surface area contributed by atoms with Crippen LogP contribution >= 0.6 is 0 Å². The van der Waals surface area contributed by atoms with Gasteiger partial charge in [0, 0.05) is 37.2 Å². The van der Waals surface area contributed by atoms with E-state index in [0.29, 0.717) is 25.2 Å². The molecule has 51 heavy (non-hydrogen) atoms. The molecule has 0 aromatic carbocycles.